The minimum Gasteiger partial charge on any atom is -0.411 e. The van der Waals surface area contributed by atoms with Crippen molar-refractivity contribution < 1.29 is 5.21 Å². The third-order valence-electron chi connectivity index (χ3n) is 5.34. The van der Waals surface area contributed by atoms with Crippen LogP contribution in [0.25, 0.3) is 0 Å². The number of piperidine rings is 1. The predicted molar refractivity (Wildman–Crippen MR) is 68.5 cm³/mol. The molecule has 5 atom stereocenters. The SMILES string of the molecule is C[C@@H]1CCC[C@@H](C)N1[C@H]1/C(=N\O)[C@H]2CC[C@H]1C2. The van der Waals surface area contributed by atoms with E-state index in [-0.39, 0.29) is 0 Å². The highest BCUT2D eigenvalue weighted by Gasteiger charge is 2.50. The summed E-state index contributed by atoms with van der Waals surface area (Å²) in [5.41, 5.74) is 1.10. The molecule has 96 valence electrons. The fourth-order valence-corrected chi connectivity index (χ4v) is 4.58. The number of oxime groups is 1. The summed E-state index contributed by atoms with van der Waals surface area (Å²) in [6.07, 6.45) is 7.81. The average molecular weight is 236 g/mol. The molecule has 3 heteroatoms. The van der Waals surface area contributed by atoms with Gasteiger partial charge in [-0.1, -0.05) is 11.6 Å². The van der Waals surface area contributed by atoms with E-state index in [0.717, 1.165) is 11.6 Å². The molecule has 0 unspecified atom stereocenters. The van der Waals surface area contributed by atoms with Crippen LogP contribution in [-0.2, 0) is 0 Å². The van der Waals surface area contributed by atoms with Crippen molar-refractivity contribution in [1.29, 1.82) is 0 Å². The molecule has 0 aromatic heterocycles. The van der Waals surface area contributed by atoms with E-state index in [1.165, 1.54) is 38.5 Å². The van der Waals surface area contributed by atoms with Crippen LogP contribution < -0.4 is 0 Å². The van der Waals surface area contributed by atoms with Crippen molar-refractivity contribution >= 4 is 5.71 Å². The smallest absolute Gasteiger partial charge is 0.0775 e. The topological polar surface area (TPSA) is 35.8 Å². The van der Waals surface area contributed by atoms with E-state index in [2.05, 4.69) is 23.9 Å². The molecular weight excluding hydrogens is 212 g/mol. The molecule has 3 fully saturated rings. The van der Waals surface area contributed by atoms with Crippen LogP contribution in [0.4, 0.5) is 0 Å². The largest absolute Gasteiger partial charge is 0.411 e. The normalized spacial score (nSPS) is 49.1. The molecule has 1 saturated heterocycles. The monoisotopic (exact) mass is 236 g/mol. The van der Waals surface area contributed by atoms with Gasteiger partial charge in [0, 0.05) is 18.0 Å². The summed E-state index contributed by atoms with van der Waals surface area (Å²) in [5, 5.41) is 13.0. The molecule has 1 aliphatic heterocycles. The van der Waals surface area contributed by atoms with Gasteiger partial charge in [-0.05, 0) is 51.9 Å². The van der Waals surface area contributed by atoms with Crippen LogP contribution in [0.5, 0.6) is 0 Å². The van der Waals surface area contributed by atoms with Gasteiger partial charge in [0.1, 0.15) is 0 Å². The highest BCUT2D eigenvalue weighted by molar-refractivity contribution is 5.94. The molecule has 3 aliphatic rings. The molecule has 0 amide bonds. The summed E-state index contributed by atoms with van der Waals surface area (Å²) in [7, 11) is 0. The maximum Gasteiger partial charge on any atom is 0.0775 e. The van der Waals surface area contributed by atoms with Gasteiger partial charge in [0.25, 0.3) is 0 Å². The molecule has 17 heavy (non-hydrogen) atoms. The van der Waals surface area contributed by atoms with Crippen molar-refractivity contribution in [3.05, 3.63) is 0 Å². The first-order chi connectivity index (χ1) is 8.22. The number of nitrogens with zero attached hydrogens (tertiary/aromatic N) is 2. The lowest BCUT2D eigenvalue weighted by Gasteiger charge is -2.45. The Morgan fingerprint density at radius 1 is 1.12 bits per heavy atom. The van der Waals surface area contributed by atoms with Gasteiger partial charge in [-0.15, -0.1) is 0 Å². The highest BCUT2D eigenvalue weighted by atomic mass is 16.4. The van der Waals surface area contributed by atoms with Crippen LogP contribution >= 0.6 is 0 Å². The Hall–Kier alpha value is -0.570. The van der Waals surface area contributed by atoms with E-state index < -0.39 is 0 Å². The zero-order valence-electron chi connectivity index (χ0n) is 11.0. The first-order valence-corrected chi connectivity index (χ1v) is 7.21. The number of hydrogen-bond acceptors (Lipinski definition) is 3. The Kier molecular flexibility index (Phi) is 2.89. The number of hydrogen-bond donors (Lipinski definition) is 1. The quantitative estimate of drug-likeness (QED) is 0.561. The number of rotatable bonds is 1. The maximum absolute atomic E-state index is 9.32. The summed E-state index contributed by atoms with van der Waals surface area (Å²) >= 11 is 0. The molecule has 2 saturated carbocycles. The fourth-order valence-electron chi connectivity index (χ4n) is 4.58. The zero-order chi connectivity index (χ0) is 12.0. The highest BCUT2D eigenvalue weighted by Crippen LogP contribution is 2.47. The first-order valence-electron chi connectivity index (χ1n) is 7.21. The second-order valence-corrected chi connectivity index (χ2v) is 6.32. The molecular formula is C14H24N2O. The van der Waals surface area contributed by atoms with Crippen LogP contribution in [-0.4, -0.2) is 33.9 Å². The van der Waals surface area contributed by atoms with Crippen molar-refractivity contribution in [3.63, 3.8) is 0 Å². The predicted octanol–water partition coefficient (Wildman–Crippen LogP) is 2.88. The van der Waals surface area contributed by atoms with Gasteiger partial charge in [-0.25, -0.2) is 0 Å². The molecule has 2 bridgehead atoms. The zero-order valence-corrected chi connectivity index (χ0v) is 11.0. The van der Waals surface area contributed by atoms with Crippen LogP contribution in [0, 0.1) is 11.8 Å². The van der Waals surface area contributed by atoms with Gasteiger partial charge in [0.2, 0.25) is 0 Å². The van der Waals surface area contributed by atoms with Crippen LogP contribution in [0.3, 0.4) is 0 Å². The lowest BCUT2D eigenvalue weighted by atomic mass is 9.86. The van der Waals surface area contributed by atoms with Gasteiger partial charge >= 0.3 is 0 Å². The van der Waals surface area contributed by atoms with E-state index >= 15 is 0 Å². The second-order valence-electron chi connectivity index (χ2n) is 6.32. The summed E-state index contributed by atoms with van der Waals surface area (Å²) < 4.78 is 0. The molecule has 0 spiro atoms. The van der Waals surface area contributed by atoms with Crippen molar-refractivity contribution in [2.24, 2.45) is 17.0 Å². The average Bonchev–Trinajstić information content (AvgIpc) is 2.89. The minimum atomic E-state index is 0.448. The van der Waals surface area contributed by atoms with Crippen molar-refractivity contribution in [3.8, 4) is 0 Å². The van der Waals surface area contributed by atoms with Gasteiger partial charge in [0.05, 0.1) is 11.8 Å². The molecule has 3 rings (SSSR count). The van der Waals surface area contributed by atoms with Crippen LogP contribution in [0.15, 0.2) is 5.16 Å². The molecule has 3 nitrogen and oxygen atoms in total. The van der Waals surface area contributed by atoms with E-state index in [9.17, 15) is 5.21 Å². The van der Waals surface area contributed by atoms with Gasteiger partial charge in [-0.3, -0.25) is 4.90 Å². The summed E-state index contributed by atoms with van der Waals surface area (Å²) in [6.45, 7) is 4.69. The molecule has 0 radical (unpaired) electrons. The standard InChI is InChI=1S/C14H24N2O/c1-9-4-3-5-10(2)16(9)14-12-7-6-11(8-12)13(14)15-17/h9-12,14,17H,3-8H2,1-2H3/b15-13-/t9-,10-,11+,12+,14-/m1/s1. The Balaban J connectivity index is 1.87. The molecule has 0 aromatic carbocycles. The lowest BCUT2D eigenvalue weighted by Crippen LogP contribution is -2.55. The Labute approximate surface area is 104 Å². The van der Waals surface area contributed by atoms with E-state index in [1.54, 1.807) is 0 Å². The number of likely N-dealkylation sites (tertiary alicyclic amines) is 1. The van der Waals surface area contributed by atoms with Crippen LogP contribution in [0.1, 0.15) is 52.4 Å². The lowest BCUT2D eigenvalue weighted by molar-refractivity contribution is 0.0602. The second kappa shape index (κ2) is 4.27. The van der Waals surface area contributed by atoms with Gasteiger partial charge in [-0.2, -0.15) is 0 Å². The van der Waals surface area contributed by atoms with Crippen molar-refractivity contribution in [2.75, 3.05) is 0 Å². The Bertz CT molecular complexity index is 318. The summed E-state index contributed by atoms with van der Waals surface area (Å²) in [5.74, 6) is 1.34. The van der Waals surface area contributed by atoms with Crippen LogP contribution in [0.2, 0.25) is 0 Å². The van der Waals surface area contributed by atoms with Crippen molar-refractivity contribution in [2.45, 2.75) is 70.5 Å². The molecule has 0 aromatic rings. The first kappa shape index (κ1) is 11.5. The summed E-state index contributed by atoms with van der Waals surface area (Å²) in [4.78, 5) is 2.66. The third-order valence-corrected chi connectivity index (χ3v) is 5.34. The molecule has 1 N–H and O–H groups in total. The summed E-state index contributed by atoms with van der Waals surface area (Å²) in [6, 6.07) is 1.75. The maximum atomic E-state index is 9.32. The van der Waals surface area contributed by atoms with Gasteiger partial charge in [0.15, 0.2) is 0 Å². The van der Waals surface area contributed by atoms with E-state index in [0.29, 0.717) is 24.0 Å². The Morgan fingerprint density at radius 2 is 1.82 bits per heavy atom. The molecule has 1 heterocycles. The molecule has 2 aliphatic carbocycles. The van der Waals surface area contributed by atoms with Gasteiger partial charge < -0.3 is 5.21 Å². The minimum absolute atomic E-state index is 0.448. The third kappa shape index (κ3) is 1.70. The number of fused-ring (bicyclic) bond motifs is 2. The van der Waals surface area contributed by atoms with E-state index in [1.807, 2.05) is 0 Å². The fraction of sp³-hybridized carbons (Fsp3) is 0.929. The Morgan fingerprint density at radius 3 is 2.47 bits per heavy atom. The van der Waals surface area contributed by atoms with E-state index in [4.69, 9.17) is 0 Å². The van der Waals surface area contributed by atoms with Crippen molar-refractivity contribution in [1.82, 2.24) is 4.90 Å².